The van der Waals surface area contributed by atoms with E-state index in [1.807, 2.05) is 24.3 Å². The van der Waals surface area contributed by atoms with E-state index in [4.69, 9.17) is 14.9 Å². The third-order valence-electron chi connectivity index (χ3n) is 3.91. The SMILES string of the molecule is NC(CCC1CCCCO1)Cc1nc2ccccc2o1. The van der Waals surface area contributed by atoms with Crippen molar-refractivity contribution in [2.24, 2.45) is 5.73 Å². The Balaban J connectivity index is 1.51. The fourth-order valence-corrected chi connectivity index (χ4v) is 2.77. The molecule has 1 aromatic heterocycles. The molecule has 2 atom stereocenters. The van der Waals surface area contributed by atoms with Crippen LogP contribution in [-0.2, 0) is 11.2 Å². The van der Waals surface area contributed by atoms with Gasteiger partial charge in [0, 0.05) is 19.1 Å². The van der Waals surface area contributed by atoms with E-state index in [1.165, 1.54) is 19.3 Å². The molecule has 1 aliphatic heterocycles. The van der Waals surface area contributed by atoms with Crippen LogP contribution in [0.4, 0.5) is 0 Å². The van der Waals surface area contributed by atoms with Crippen molar-refractivity contribution in [2.75, 3.05) is 6.61 Å². The molecular formula is C16H22N2O2. The molecule has 4 heteroatoms. The molecule has 1 aliphatic rings. The van der Waals surface area contributed by atoms with Gasteiger partial charge in [-0.15, -0.1) is 0 Å². The van der Waals surface area contributed by atoms with Crippen molar-refractivity contribution in [3.63, 3.8) is 0 Å². The average molecular weight is 274 g/mol. The van der Waals surface area contributed by atoms with Crippen molar-refractivity contribution >= 4 is 11.1 Å². The third-order valence-corrected chi connectivity index (χ3v) is 3.91. The van der Waals surface area contributed by atoms with Gasteiger partial charge in [0.1, 0.15) is 5.52 Å². The van der Waals surface area contributed by atoms with Crippen LogP contribution in [0.2, 0.25) is 0 Å². The summed E-state index contributed by atoms with van der Waals surface area (Å²) in [6.45, 7) is 0.908. The Morgan fingerprint density at radius 3 is 3.00 bits per heavy atom. The Bertz CT molecular complexity index is 513. The van der Waals surface area contributed by atoms with E-state index in [2.05, 4.69) is 4.98 Å². The molecule has 1 saturated heterocycles. The molecule has 1 fully saturated rings. The number of rotatable bonds is 5. The Morgan fingerprint density at radius 2 is 2.20 bits per heavy atom. The zero-order chi connectivity index (χ0) is 13.8. The number of fused-ring (bicyclic) bond motifs is 1. The van der Waals surface area contributed by atoms with Gasteiger partial charge in [0.15, 0.2) is 11.5 Å². The van der Waals surface area contributed by atoms with Crippen molar-refractivity contribution in [2.45, 2.75) is 50.7 Å². The Kier molecular flexibility index (Phi) is 4.33. The smallest absolute Gasteiger partial charge is 0.197 e. The summed E-state index contributed by atoms with van der Waals surface area (Å²) in [6, 6.07) is 7.91. The molecule has 3 rings (SSSR count). The van der Waals surface area contributed by atoms with Crippen molar-refractivity contribution < 1.29 is 9.15 Å². The highest BCUT2D eigenvalue weighted by Crippen LogP contribution is 2.19. The standard InChI is InChI=1S/C16H22N2O2/c17-12(8-9-13-5-3-4-10-19-13)11-16-18-14-6-1-2-7-15(14)20-16/h1-2,6-7,12-13H,3-5,8-11,17H2. The lowest BCUT2D eigenvalue weighted by Gasteiger charge is -2.23. The molecule has 0 spiro atoms. The zero-order valence-electron chi connectivity index (χ0n) is 11.8. The number of nitrogens with zero attached hydrogens (tertiary/aromatic N) is 1. The van der Waals surface area contributed by atoms with E-state index in [9.17, 15) is 0 Å². The second kappa shape index (κ2) is 6.37. The molecule has 0 amide bonds. The van der Waals surface area contributed by atoms with E-state index in [0.717, 1.165) is 36.4 Å². The second-order valence-electron chi connectivity index (χ2n) is 5.61. The van der Waals surface area contributed by atoms with Crippen molar-refractivity contribution in [1.82, 2.24) is 4.98 Å². The summed E-state index contributed by atoms with van der Waals surface area (Å²) in [7, 11) is 0. The van der Waals surface area contributed by atoms with Gasteiger partial charge in [0.25, 0.3) is 0 Å². The van der Waals surface area contributed by atoms with Gasteiger partial charge in [0.05, 0.1) is 6.10 Å². The van der Waals surface area contributed by atoms with Crippen molar-refractivity contribution in [3.8, 4) is 0 Å². The van der Waals surface area contributed by atoms with Crippen molar-refractivity contribution in [3.05, 3.63) is 30.2 Å². The third kappa shape index (κ3) is 3.38. The van der Waals surface area contributed by atoms with E-state index < -0.39 is 0 Å². The average Bonchev–Trinajstić information content (AvgIpc) is 2.88. The van der Waals surface area contributed by atoms with Crippen LogP contribution >= 0.6 is 0 Å². The number of oxazole rings is 1. The Hall–Kier alpha value is -1.39. The van der Waals surface area contributed by atoms with Crippen LogP contribution in [-0.4, -0.2) is 23.7 Å². The quantitative estimate of drug-likeness (QED) is 0.910. The molecule has 2 N–H and O–H groups in total. The molecule has 108 valence electrons. The van der Waals surface area contributed by atoms with Crippen LogP contribution in [0.1, 0.15) is 38.0 Å². The van der Waals surface area contributed by atoms with Gasteiger partial charge >= 0.3 is 0 Å². The number of aromatic nitrogens is 1. The monoisotopic (exact) mass is 274 g/mol. The van der Waals surface area contributed by atoms with Crippen LogP contribution in [0.3, 0.4) is 0 Å². The molecule has 0 bridgehead atoms. The Labute approximate surface area is 119 Å². The molecular weight excluding hydrogens is 252 g/mol. The maximum absolute atomic E-state index is 6.19. The van der Waals surface area contributed by atoms with Gasteiger partial charge in [-0.1, -0.05) is 12.1 Å². The fourth-order valence-electron chi connectivity index (χ4n) is 2.77. The summed E-state index contributed by atoms with van der Waals surface area (Å²) in [6.07, 6.45) is 6.76. The molecule has 2 unspecified atom stereocenters. The predicted octanol–water partition coefficient (Wildman–Crippen LogP) is 3.05. The molecule has 20 heavy (non-hydrogen) atoms. The van der Waals surface area contributed by atoms with E-state index in [1.54, 1.807) is 0 Å². The topological polar surface area (TPSA) is 61.3 Å². The summed E-state index contributed by atoms with van der Waals surface area (Å²) in [4.78, 5) is 4.47. The fraction of sp³-hybridized carbons (Fsp3) is 0.562. The van der Waals surface area contributed by atoms with Gasteiger partial charge in [-0.3, -0.25) is 0 Å². The lowest BCUT2D eigenvalue weighted by Crippen LogP contribution is -2.27. The number of ether oxygens (including phenoxy) is 1. The highest BCUT2D eigenvalue weighted by atomic mass is 16.5. The molecule has 2 aromatic rings. The van der Waals surface area contributed by atoms with Gasteiger partial charge in [-0.2, -0.15) is 0 Å². The first kappa shape index (κ1) is 13.6. The van der Waals surface area contributed by atoms with Crippen molar-refractivity contribution in [1.29, 1.82) is 0 Å². The maximum atomic E-state index is 6.19. The Morgan fingerprint density at radius 1 is 1.30 bits per heavy atom. The van der Waals surface area contributed by atoms with E-state index >= 15 is 0 Å². The lowest BCUT2D eigenvalue weighted by molar-refractivity contribution is 0.00908. The van der Waals surface area contributed by atoms with Gasteiger partial charge in [0.2, 0.25) is 0 Å². The summed E-state index contributed by atoms with van der Waals surface area (Å²) < 4.78 is 11.4. The van der Waals surface area contributed by atoms with Crippen LogP contribution in [0.15, 0.2) is 28.7 Å². The normalized spacial score (nSPS) is 21.1. The van der Waals surface area contributed by atoms with Crippen LogP contribution in [0, 0.1) is 0 Å². The molecule has 0 saturated carbocycles. The number of para-hydroxylation sites is 2. The van der Waals surface area contributed by atoms with Gasteiger partial charge in [-0.25, -0.2) is 4.98 Å². The zero-order valence-corrected chi connectivity index (χ0v) is 11.8. The van der Waals surface area contributed by atoms with Crippen LogP contribution in [0.25, 0.3) is 11.1 Å². The molecule has 0 aliphatic carbocycles. The maximum Gasteiger partial charge on any atom is 0.197 e. The summed E-state index contributed by atoms with van der Waals surface area (Å²) in [5.74, 6) is 0.739. The first-order valence-corrected chi connectivity index (χ1v) is 7.53. The van der Waals surface area contributed by atoms with Crippen LogP contribution < -0.4 is 5.73 Å². The van der Waals surface area contributed by atoms with Crippen LogP contribution in [0.5, 0.6) is 0 Å². The highest BCUT2D eigenvalue weighted by Gasteiger charge is 2.16. The first-order valence-electron chi connectivity index (χ1n) is 7.53. The first-order chi connectivity index (χ1) is 9.81. The summed E-state index contributed by atoms with van der Waals surface area (Å²) in [5, 5.41) is 0. The lowest BCUT2D eigenvalue weighted by atomic mass is 10.0. The minimum atomic E-state index is 0.0913. The molecule has 0 radical (unpaired) electrons. The number of benzene rings is 1. The molecule has 4 nitrogen and oxygen atoms in total. The van der Waals surface area contributed by atoms with E-state index in [0.29, 0.717) is 12.5 Å². The number of nitrogens with two attached hydrogens (primary N) is 1. The van der Waals surface area contributed by atoms with Gasteiger partial charge in [-0.05, 0) is 44.2 Å². The second-order valence-corrected chi connectivity index (χ2v) is 5.61. The molecule has 1 aromatic carbocycles. The molecule has 2 heterocycles. The highest BCUT2D eigenvalue weighted by molar-refractivity contribution is 5.72. The number of hydrogen-bond acceptors (Lipinski definition) is 4. The van der Waals surface area contributed by atoms with E-state index in [-0.39, 0.29) is 6.04 Å². The largest absolute Gasteiger partial charge is 0.441 e. The summed E-state index contributed by atoms with van der Waals surface area (Å²) >= 11 is 0. The predicted molar refractivity (Wildman–Crippen MR) is 78.5 cm³/mol. The van der Waals surface area contributed by atoms with Gasteiger partial charge < -0.3 is 14.9 Å². The number of hydrogen-bond donors (Lipinski definition) is 1. The summed E-state index contributed by atoms with van der Waals surface area (Å²) in [5.41, 5.74) is 7.94. The minimum Gasteiger partial charge on any atom is -0.441 e. The minimum absolute atomic E-state index is 0.0913.